The van der Waals surface area contributed by atoms with Gasteiger partial charge >= 0.3 is 5.97 Å². The molecule has 2 atom stereocenters. The van der Waals surface area contributed by atoms with E-state index in [4.69, 9.17) is 9.47 Å². The van der Waals surface area contributed by atoms with Crippen LogP contribution in [0.25, 0.3) is 0 Å². The first-order valence-electron chi connectivity index (χ1n) is 9.05. The maximum Gasteiger partial charge on any atom is 0.347 e. The lowest BCUT2D eigenvalue weighted by atomic mass is 9.87. The largest absolute Gasteiger partial charge is 0.479 e. The Bertz CT molecular complexity index is 698. The summed E-state index contributed by atoms with van der Waals surface area (Å²) in [6.45, 7) is 12.7. The monoisotopic (exact) mass is 374 g/mol. The number of carbonyl (C=O) groups excluding carboxylic acids is 2. The van der Waals surface area contributed by atoms with E-state index in [0.29, 0.717) is 5.75 Å². The fraction of sp³-hybridized carbons (Fsp3) is 0.571. The minimum Gasteiger partial charge on any atom is -0.479 e. The first-order valence-corrected chi connectivity index (χ1v) is 9.05. The van der Waals surface area contributed by atoms with Crippen molar-refractivity contribution in [2.24, 2.45) is 5.92 Å². The maximum atomic E-state index is 12.1. The molecule has 0 fully saturated rings. The summed E-state index contributed by atoms with van der Waals surface area (Å²) < 4.78 is 10.6. The van der Waals surface area contributed by atoms with Gasteiger partial charge in [0.1, 0.15) is 11.3 Å². The van der Waals surface area contributed by atoms with Gasteiger partial charge in [-0.3, -0.25) is 4.79 Å². The molecule has 0 aliphatic heterocycles. The van der Waals surface area contributed by atoms with Crippen LogP contribution in [0.3, 0.4) is 0 Å². The normalized spacial score (nSPS) is 14.6. The molecule has 0 aliphatic carbocycles. The number of hydrogen-bond acceptors (Lipinski definition) is 5. The van der Waals surface area contributed by atoms with Crippen LogP contribution >= 0.6 is 0 Å². The van der Waals surface area contributed by atoms with Gasteiger partial charge in [0.05, 0.1) is 6.07 Å². The zero-order chi connectivity index (χ0) is 20.8. The van der Waals surface area contributed by atoms with Crippen LogP contribution in [0, 0.1) is 17.2 Å². The lowest BCUT2D eigenvalue weighted by Gasteiger charge is -2.27. The van der Waals surface area contributed by atoms with Gasteiger partial charge in [-0.1, -0.05) is 46.8 Å². The molecule has 1 aromatic carbocycles. The van der Waals surface area contributed by atoms with Crippen LogP contribution in [-0.2, 0) is 19.7 Å². The number of esters is 1. The summed E-state index contributed by atoms with van der Waals surface area (Å²) in [5, 5.41) is 11.8. The van der Waals surface area contributed by atoms with Crippen molar-refractivity contribution in [3.8, 4) is 11.8 Å². The van der Waals surface area contributed by atoms with Crippen molar-refractivity contribution < 1.29 is 19.1 Å². The van der Waals surface area contributed by atoms with Gasteiger partial charge in [-0.05, 0) is 42.9 Å². The van der Waals surface area contributed by atoms with Crippen molar-refractivity contribution in [3.05, 3.63) is 29.8 Å². The Labute approximate surface area is 161 Å². The van der Waals surface area contributed by atoms with Crippen LogP contribution in [0.4, 0.5) is 0 Å². The van der Waals surface area contributed by atoms with Gasteiger partial charge in [-0.2, -0.15) is 5.26 Å². The zero-order valence-electron chi connectivity index (χ0n) is 17.3. The molecule has 0 saturated carbocycles. The van der Waals surface area contributed by atoms with Gasteiger partial charge in [0.25, 0.3) is 5.91 Å². The van der Waals surface area contributed by atoms with Crippen molar-refractivity contribution >= 4 is 11.9 Å². The second kappa shape index (κ2) is 8.90. The predicted molar refractivity (Wildman–Crippen MR) is 103 cm³/mol. The number of nitriles is 1. The predicted octanol–water partition coefficient (Wildman–Crippen LogP) is 3.35. The second-order valence-corrected chi connectivity index (χ2v) is 8.16. The molecule has 1 aromatic rings. The van der Waals surface area contributed by atoms with Gasteiger partial charge < -0.3 is 14.8 Å². The fourth-order valence-electron chi connectivity index (χ4n) is 2.17. The third kappa shape index (κ3) is 6.59. The number of benzene rings is 1. The third-order valence-corrected chi connectivity index (χ3v) is 4.50. The molecule has 0 radical (unpaired) electrons. The number of ether oxygens (including phenoxy) is 2. The summed E-state index contributed by atoms with van der Waals surface area (Å²) in [6, 6.07) is 9.58. The van der Waals surface area contributed by atoms with Gasteiger partial charge in [0.15, 0.2) is 12.7 Å². The van der Waals surface area contributed by atoms with Crippen LogP contribution in [0.1, 0.15) is 54.0 Å². The molecule has 0 bridgehead atoms. The first-order chi connectivity index (χ1) is 12.4. The van der Waals surface area contributed by atoms with Crippen molar-refractivity contribution in [1.82, 2.24) is 5.32 Å². The molecule has 148 valence electrons. The standard InChI is InChI=1S/C21H30N2O4/c1-14(2)21(7,13-22)23-18(24)12-26-19(25)15(3)27-17-10-8-16(9-11-17)20(4,5)6/h8-11,14-15H,12H2,1-7H3,(H,23,24)/t15-,21+/m1/s1. The summed E-state index contributed by atoms with van der Waals surface area (Å²) in [6.07, 6.45) is -0.856. The van der Waals surface area contributed by atoms with E-state index in [1.807, 2.05) is 26.0 Å². The average molecular weight is 374 g/mol. The highest BCUT2D eigenvalue weighted by molar-refractivity contribution is 5.82. The van der Waals surface area contributed by atoms with E-state index in [0.717, 1.165) is 5.56 Å². The molecule has 1 N–H and O–H groups in total. The molecule has 1 amide bonds. The van der Waals surface area contributed by atoms with E-state index in [2.05, 4.69) is 32.2 Å². The Morgan fingerprint density at radius 2 is 1.67 bits per heavy atom. The van der Waals surface area contributed by atoms with Crippen molar-refractivity contribution in [1.29, 1.82) is 5.26 Å². The number of amides is 1. The number of hydrogen-bond donors (Lipinski definition) is 1. The highest BCUT2D eigenvalue weighted by Gasteiger charge is 2.30. The highest BCUT2D eigenvalue weighted by atomic mass is 16.6. The Hall–Kier alpha value is -2.55. The molecule has 0 aliphatic rings. The van der Waals surface area contributed by atoms with E-state index < -0.39 is 30.1 Å². The number of nitrogens with zero attached hydrogens (tertiary/aromatic N) is 1. The van der Waals surface area contributed by atoms with Gasteiger partial charge in [0.2, 0.25) is 0 Å². The molecule has 0 unspecified atom stereocenters. The summed E-state index contributed by atoms with van der Waals surface area (Å²) >= 11 is 0. The van der Waals surface area contributed by atoms with Gasteiger partial charge in [-0.25, -0.2) is 4.79 Å². The second-order valence-electron chi connectivity index (χ2n) is 8.16. The van der Waals surface area contributed by atoms with Crippen LogP contribution in [-0.4, -0.2) is 30.1 Å². The first kappa shape index (κ1) is 22.5. The SMILES string of the molecule is CC(C)[C@](C)(C#N)NC(=O)COC(=O)[C@@H](C)Oc1ccc(C(C)(C)C)cc1. The summed E-state index contributed by atoms with van der Waals surface area (Å²) in [5.74, 6) is -0.703. The zero-order valence-corrected chi connectivity index (χ0v) is 17.3. The van der Waals surface area contributed by atoms with Crippen molar-refractivity contribution in [3.63, 3.8) is 0 Å². The molecule has 0 aromatic heterocycles. The Morgan fingerprint density at radius 1 is 1.11 bits per heavy atom. The van der Waals surface area contributed by atoms with E-state index in [1.54, 1.807) is 26.0 Å². The van der Waals surface area contributed by atoms with E-state index in [1.165, 1.54) is 0 Å². The molecule has 0 saturated heterocycles. The average Bonchev–Trinajstić information content (AvgIpc) is 2.58. The molecular formula is C21H30N2O4. The minimum absolute atomic E-state index is 0.0321. The molecule has 6 heteroatoms. The number of carbonyl (C=O) groups is 2. The van der Waals surface area contributed by atoms with Gasteiger partial charge in [-0.15, -0.1) is 0 Å². The minimum atomic E-state index is -1.01. The highest BCUT2D eigenvalue weighted by Crippen LogP contribution is 2.24. The van der Waals surface area contributed by atoms with E-state index in [-0.39, 0.29) is 11.3 Å². The lowest BCUT2D eigenvalue weighted by Crippen LogP contribution is -2.50. The molecule has 1 rings (SSSR count). The lowest BCUT2D eigenvalue weighted by molar-refractivity contribution is -0.155. The molecule has 6 nitrogen and oxygen atoms in total. The molecule has 0 spiro atoms. The summed E-state index contributed by atoms with van der Waals surface area (Å²) in [4.78, 5) is 24.0. The summed E-state index contributed by atoms with van der Waals surface area (Å²) in [5.41, 5.74) is 0.178. The van der Waals surface area contributed by atoms with Crippen molar-refractivity contribution in [2.75, 3.05) is 6.61 Å². The number of nitrogens with one attached hydrogen (secondary N) is 1. The van der Waals surface area contributed by atoms with E-state index in [9.17, 15) is 14.9 Å². The molecule has 0 heterocycles. The van der Waals surface area contributed by atoms with Gasteiger partial charge in [0, 0.05) is 0 Å². The van der Waals surface area contributed by atoms with Crippen LogP contribution in [0.15, 0.2) is 24.3 Å². The van der Waals surface area contributed by atoms with Crippen LogP contribution in [0.5, 0.6) is 5.75 Å². The summed E-state index contributed by atoms with van der Waals surface area (Å²) in [7, 11) is 0. The molecule has 27 heavy (non-hydrogen) atoms. The quantitative estimate of drug-likeness (QED) is 0.740. The Kier molecular flexibility index (Phi) is 7.41. The van der Waals surface area contributed by atoms with Crippen molar-refractivity contribution in [2.45, 2.75) is 65.5 Å². The molecular weight excluding hydrogens is 344 g/mol. The Morgan fingerprint density at radius 3 is 2.11 bits per heavy atom. The number of rotatable bonds is 7. The topological polar surface area (TPSA) is 88.4 Å². The third-order valence-electron chi connectivity index (χ3n) is 4.50. The fourth-order valence-corrected chi connectivity index (χ4v) is 2.17. The Balaban J connectivity index is 2.55. The van der Waals surface area contributed by atoms with Crippen LogP contribution in [0.2, 0.25) is 0 Å². The smallest absolute Gasteiger partial charge is 0.347 e. The maximum absolute atomic E-state index is 12.1. The van der Waals surface area contributed by atoms with E-state index >= 15 is 0 Å². The van der Waals surface area contributed by atoms with Crippen LogP contribution < -0.4 is 10.1 Å².